The molecule has 0 fully saturated rings. The first kappa shape index (κ1) is 24.1. The third-order valence-corrected chi connectivity index (χ3v) is 5.02. The van der Waals surface area contributed by atoms with E-state index in [1.807, 2.05) is 0 Å². The summed E-state index contributed by atoms with van der Waals surface area (Å²) in [5.41, 5.74) is 0.109. The molecule has 3 aromatic carbocycles. The van der Waals surface area contributed by atoms with Crippen molar-refractivity contribution in [2.75, 3.05) is 10.6 Å². The smallest absolute Gasteiger partial charge is 0.349 e. The van der Waals surface area contributed by atoms with E-state index in [0.717, 1.165) is 23.0 Å². The van der Waals surface area contributed by atoms with Gasteiger partial charge in [0, 0.05) is 12.1 Å². The number of aromatic hydroxyl groups is 1. The van der Waals surface area contributed by atoms with Crippen LogP contribution in [0.15, 0.2) is 64.3 Å². The number of carbonyl (C=O) groups is 1. The van der Waals surface area contributed by atoms with Crippen LogP contribution in [0.1, 0.15) is 11.1 Å². The number of nitrogens with one attached hydrogen (secondary N) is 3. The number of amides is 2. The Morgan fingerprint density at radius 2 is 1.69 bits per heavy atom. The Labute approximate surface area is 201 Å². The van der Waals surface area contributed by atoms with Crippen LogP contribution in [0.3, 0.4) is 0 Å². The number of aryl methyl sites for hydroxylation is 2. The number of phenols is 1. The van der Waals surface area contributed by atoms with Crippen LogP contribution in [0.25, 0.3) is 5.69 Å². The summed E-state index contributed by atoms with van der Waals surface area (Å²) in [7, 11) is 0. The molecule has 0 bridgehead atoms. The van der Waals surface area contributed by atoms with Gasteiger partial charge in [0.25, 0.3) is 5.56 Å². The molecule has 0 aliphatic heterocycles. The lowest BCUT2D eigenvalue weighted by atomic mass is 10.1. The van der Waals surface area contributed by atoms with E-state index >= 15 is 0 Å². The molecule has 2 amide bonds. The Morgan fingerprint density at radius 1 is 1.00 bits per heavy atom. The van der Waals surface area contributed by atoms with Gasteiger partial charge in [-0.15, -0.1) is 0 Å². The first-order chi connectivity index (χ1) is 17.1. The van der Waals surface area contributed by atoms with Crippen molar-refractivity contribution >= 4 is 17.4 Å². The fourth-order valence-electron chi connectivity index (χ4n) is 3.41. The second kappa shape index (κ2) is 9.70. The lowest BCUT2D eigenvalue weighted by Gasteiger charge is -2.15. The number of aromatic nitrogens is 3. The van der Waals surface area contributed by atoms with Crippen molar-refractivity contribution in [2.24, 2.45) is 0 Å². The van der Waals surface area contributed by atoms with Crippen molar-refractivity contribution in [2.45, 2.75) is 13.8 Å². The Balaban J connectivity index is 1.55. The number of urea groups is 1. The van der Waals surface area contributed by atoms with Crippen LogP contribution in [0.2, 0.25) is 0 Å². The van der Waals surface area contributed by atoms with Crippen molar-refractivity contribution < 1.29 is 23.4 Å². The van der Waals surface area contributed by atoms with Gasteiger partial charge in [0.15, 0.2) is 0 Å². The van der Waals surface area contributed by atoms with Gasteiger partial charge in [0.05, 0.1) is 17.1 Å². The lowest BCUT2D eigenvalue weighted by Crippen LogP contribution is -2.30. The minimum absolute atomic E-state index is 0.0246. The molecule has 4 aromatic rings. The second-order valence-electron chi connectivity index (χ2n) is 7.74. The second-order valence-corrected chi connectivity index (χ2v) is 7.74. The number of aromatic amines is 1. The van der Waals surface area contributed by atoms with E-state index in [2.05, 4.69) is 20.7 Å². The molecule has 0 aliphatic carbocycles. The van der Waals surface area contributed by atoms with Gasteiger partial charge in [-0.1, -0.05) is 0 Å². The van der Waals surface area contributed by atoms with E-state index in [4.69, 9.17) is 4.74 Å². The van der Waals surface area contributed by atoms with Crippen LogP contribution >= 0.6 is 0 Å². The number of nitrogens with zero attached hydrogens (tertiary/aromatic N) is 2. The molecule has 0 atom stereocenters. The number of rotatable bonds is 5. The number of benzene rings is 3. The number of hydrogen-bond donors (Lipinski definition) is 4. The fraction of sp³-hybridized carbons (Fsp3) is 0.0833. The zero-order chi connectivity index (χ0) is 26.0. The van der Waals surface area contributed by atoms with Crippen LogP contribution in [0, 0.1) is 25.5 Å². The maximum Gasteiger partial charge on any atom is 0.349 e. The molecular weight excluding hydrogens is 476 g/mol. The summed E-state index contributed by atoms with van der Waals surface area (Å²) in [4.78, 5) is 37.7. The Hall–Kier alpha value is -5.00. The molecule has 1 heterocycles. The molecule has 0 saturated heterocycles. The summed E-state index contributed by atoms with van der Waals surface area (Å²) >= 11 is 0. The number of halogens is 2. The molecule has 0 spiro atoms. The summed E-state index contributed by atoms with van der Waals surface area (Å²) < 4.78 is 33.9. The Kier molecular flexibility index (Phi) is 6.50. The Bertz CT molecular complexity index is 1580. The highest BCUT2D eigenvalue weighted by Crippen LogP contribution is 2.34. The Morgan fingerprint density at radius 3 is 2.36 bits per heavy atom. The van der Waals surface area contributed by atoms with Gasteiger partial charge in [0.1, 0.15) is 35.1 Å². The topological polar surface area (TPSA) is 138 Å². The van der Waals surface area contributed by atoms with Gasteiger partial charge in [0.2, 0.25) is 0 Å². The van der Waals surface area contributed by atoms with E-state index in [-0.39, 0.29) is 22.9 Å². The predicted molar refractivity (Wildman–Crippen MR) is 127 cm³/mol. The molecule has 0 radical (unpaired) electrons. The largest absolute Gasteiger partial charge is 0.506 e. The standard InChI is InChI=1S/C24H19F2N5O5/c1-12-7-15(31-24(35)30-21(33)11-27-31)8-13(2)22(12)36-16-4-6-20(32)19(10-16)29-23(34)28-18-5-3-14(25)9-17(18)26/h3-11,32H,1-2H3,(H2,28,29,34)(H,30,33,35). The molecule has 4 N–H and O–H groups in total. The lowest BCUT2D eigenvalue weighted by molar-refractivity contribution is 0.262. The van der Waals surface area contributed by atoms with Gasteiger partial charge >= 0.3 is 11.7 Å². The van der Waals surface area contributed by atoms with Gasteiger partial charge < -0.3 is 20.5 Å². The normalized spacial score (nSPS) is 10.7. The molecule has 4 rings (SSSR count). The van der Waals surface area contributed by atoms with Gasteiger partial charge in [-0.25, -0.2) is 18.4 Å². The number of hydrogen-bond acceptors (Lipinski definition) is 6. The third kappa shape index (κ3) is 5.22. The first-order valence-corrected chi connectivity index (χ1v) is 10.4. The van der Waals surface area contributed by atoms with Crippen molar-refractivity contribution in [1.82, 2.24) is 14.8 Å². The van der Waals surface area contributed by atoms with Crippen LogP contribution in [-0.4, -0.2) is 25.9 Å². The maximum atomic E-state index is 13.8. The quantitative estimate of drug-likeness (QED) is 0.309. The SMILES string of the molecule is Cc1cc(-n2ncc(=O)[nH]c2=O)cc(C)c1Oc1ccc(O)c(NC(=O)Nc2ccc(F)cc2F)c1. The molecule has 184 valence electrons. The molecule has 10 nitrogen and oxygen atoms in total. The van der Waals surface area contributed by atoms with Gasteiger partial charge in [-0.3, -0.25) is 9.78 Å². The van der Waals surface area contributed by atoms with E-state index in [1.165, 1.54) is 18.2 Å². The van der Waals surface area contributed by atoms with E-state index in [9.17, 15) is 28.3 Å². The predicted octanol–water partition coefficient (Wildman–Crippen LogP) is 3.96. The van der Waals surface area contributed by atoms with Crippen LogP contribution < -0.4 is 26.6 Å². The molecule has 1 aromatic heterocycles. The number of anilines is 2. The molecule has 12 heteroatoms. The highest BCUT2D eigenvalue weighted by molar-refractivity contribution is 6.00. The van der Waals surface area contributed by atoms with Crippen LogP contribution in [-0.2, 0) is 0 Å². The van der Waals surface area contributed by atoms with Gasteiger partial charge in [-0.05, 0) is 61.4 Å². The molecular formula is C24H19F2N5O5. The third-order valence-electron chi connectivity index (χ3n) is 5.02. The summed E-state index contributed by atoms with van der Waals surface area (Å²) in [6.45, 7) is 3.49. The summed E-state index contributed by atoms with van der Waals surface area (Å²) in [5.74, 6) is -1.31. The van der Waals surface area contributed by atoms with Crippen molar-refractivity contribution in [1.29, 1.82) is 0 Å². The minimum atomic E-state index is -0.958. The van der Waals surface area contributed by atoms with E-state index in [1.54, 1.807) is 26.0 Å². The van der Waals surface area contributed by atoms with Crippen molar-refractivity contribution in [3.63, 3.8) is 0 Å². The highest BCUT2D eigenvalue weighted by atomic mass is 19.1. The van der Waals surface area contributed by atoms with Crippen molar-refractivity contribution in [3.8, 4) is 22.9 Å². The zero-order valence-corrected chi connectivity index (χ0v) is 18.9. The molecule has 0 unspecified atom stereocenters. The molecule has 0 saturated carbocycles. The minimum Gasteiger partial charge on any atom is -0.506 e. The highest BCUT2D eigenvalue weighted by Gasteiger charge is 2.14. The zero-order valence-electron chi connectivity index (χ0n) is 18.9. The van der Waals surface area contributed by atoms with E-state index < -0.39 is 28.9 Å². The monoisotopic (exact) mass is 495 g/mol. The number of phenolic OH excluding ortho intramolecular Hbond substituents is 1. The fourth-order valence-corrected chi connectivity index (χ4v) is 3.41. The summed E-state index contributed by atoms with van der Waals surface area (Å²) in [5, 5.41) is 18.6. The first-order valence-electron chi connectivity index (χ1n) is 10.4. The average molecular weight is 495 g/mol. The average Bonchev–Trinajstić information content (AvgIpc) is 2.80. The van der Waals surface area contributed by atoms with Crippen LogP contribution in [0.4, 0.5) is 25.0 Å². The van der Waals surface area contributed by atoms with Gasteiger partial charge in [-0.2, -0.15) is 9.78 Å². The maximum absolute atomic E-state index is 13.8. The molecule has 0 aliphatic rings. The van der Waals surface area contributed by atoms with Crippen LogP contribution in [0.5, 0.6) is 17.2 Å². The van der Waals surface area contributed by atoms with E-state index in [0.29, 0.717) is 28.6 Å². The number of ether oxygens (including phenoxy) is 1. The number of carbonyl (C=O) groups excluding carboxylic acids is 1. The summed E-state index contributed by atoms with van der Waals surface area (Å²) in [6, 6.07) is 9.21. The number of H-pyrrole nitrogens is 1. The summed E-state index contributed by atoms with van der Waals surface area (Å²) in [6.07, 6.45) is 0.988. The molecule has 36 heavy (non-hydrogen) atoms. The van der Waals surface area contributed by atoms with Crippen molar-refractivity contribution in [3.05, 3.63) is 98.3 Å².